The number of rotatable bonds is 6. The van der Waals surface area contributed by atoms with Gasteiger partial charge in [-0.3, -0.25) is 0 Å². The smallest absolute Gasteiger partial charge is 0.0427 e. The van der Waals surface area contributed by atoms with Gasteiger partial charge in [0.1, 0.15) is 0 Å². The van der Waals surface area contributed by atoms with Crippen LogP contribution in [0, 0.1) is 0 Å². The molecule has 102 valence electrons. The second kappa shape index (κ2) is 7.34. The summed E-state index contributed by atoms with van der Waals surface area (Å²) in [7, 11) is 0. The van der Waals surface area contributed by atoms with Gasteiger partial charge in [-0.2, -0.15) is 0 Å². The number of benzene rings is 2. The van der Waals surface area contributed by atoms with Crippen LogP contribution in [0.5, 0.6) is 0 Å². The average Bonchev–Trinajstić information content (AvgIpc) is 2.47. The van der Waals surface area contributed by atoms with Crippen LogP contribution in [0.1, 0.15) is 18.1 Å². The van der Waals surface area contributed by atoms with Crippen LogP contribution in [-0.4, -0.2) is 4.90 Å². The lowest BCUT2D eigenvalue weighted by Crippen LogP contribution is -2.16. The molecule has 0 aromatic heterocycles. The van der Waals surface area contributed by atoms with Crippen LogP contribution >= 0.6 is 0 Å². The molecule has 20 heavy (non-hydrogen) atoms. The molecule has 0 unspecified atom stereocenters. The van der Waals surface area contributed by atoms with Crippen LogP contribution in [-0.2, 0) is 13.1 Å². The first-order valence-electron chi connectivity index (χ1n) is 6.89. The highest BCUT2D eigenvalue weighted by molar-refractivity contribution is 5.19. The lowest BCUT2D eigenvalue weighted by atomic mass is 10.1. The van der Waals surface area contributed by atoms with Crippen molar-refractivity contribution in [3.05, 3.63) is 96.2 Å². The summed E-state index contributed by atoms with van der Waals surface area (Å²) in [4.78, 5) is 2.30. The second-order valence-corrected chi connectivity index (χ2v) is 5.04. The summed E-state index contributed by atoms with van der Waals surface area (Å²) in [6.07, 6.45) is 4.19. The highest BCUT2D eigenvalue weighted by Gasteiger charge is 2.02. The molecule has 2 aromatic carbocycles. The predicted octanol–water partition coefficient (Wildman–Crippen LogP) is 4.78. The van der Waals surface area contributed by atoms with Crippen molar-refractivity contribution in [3.63, 3.8) is 0 Å². The van der Waals surface area contributed by atoms with E-state index in [2.05, 4.69) is 84.4 Å². The standard InChI is InChI=1S/C19H21N/c1-17(2)13-14-20(15-18-9-5-3-6-10-18)16-19-11-7-4-8-12-19/h3-14H,1,15-16H2,2H3/b14-13+. The molecule has 0 saturated heterocycles. The summed E-state index contributed by atoms with van der Waals surface area (Å²) in [6, 6.07) is 21.1. The molecular weight excluding hydrogens is 242 g/mol. The summed E-state index contributed by atoms with van der Waals surface area (Å²) in [5.41, 5.74) is 3.70. The van der Waals surface area contributed by atoms with E-state index in [4.69, 9.17) is 0 Å². The maximum absolute atomic E-state index is 3.93. The van der Waals surface area contributed by atoms with Crippen molar-refractivity contribution in [1.82, 2.24) is 4.90 Å². The van der Waals surface area contributed by atoms with E-state index in [1.165, 1.54) is 11.1 Å². The average molecular weight is 263 g/mol. The van der Waals surface area contributed by atoms with Gasteiger partial charge in [0.15, 0.2) is 0 Å². The van der Waals surface area contributed by atoms with E-state index < -0.39 is 0 Å². The van der Waals surface area contributed by atoms with Crippen molar-refractivity contribution in [2.45, 2.75) is 20.0 Å². The Morgan fingerprint density at radius 1 is 0.900 bits per heavy atom. The third-order valence-electron chi connectivity index (χ3n) is 3.03. The minimum atomic E-state index is 0.902. The molecule has 0 atom stereocenters. The SMILES string of the molecule is C=C(C)/C=C/N(Cc1ccccc1)Cc1ccccc1. The van der Waals surface area contributed by atoms with Gasteiger partial charge in [0.2, 0.25) is 0 Å². The monoisotopic (exact) mass is 263 g/mol. The number of hydrogen-bond acceptors (Lipinski definition) is 1. The zero-order chi connectivity index (χ0) is 14.2. The molecule has 0 spiro atoms. The Labute approximate surface area is 121 Å². The Hall–Kier alpha value is -2.28. The van der Waals surface area contributed by atoms with Gasteiger partial charge >= 0.3 is 0 Å². The molecule has 0 saturated carbocycles. The quantitative estimate of drug-likeness (QED) is 0.678. The summed E-state index contributed by atoms with van der Waals surface area (Å²) in [6.45, 7) is 7.75. The molecule has 0 aliphatic rings. The topological polar surface area (TPSA) is 3.24 Å². The van der Waals surface area contributed by atoms with Crippen molar-refractivity contribution >= 4 is 0 Å². The van der Waals surface area contributed by atoms with Crippen molar-refractivity contribution in [3.8, 4) is 0 Å². The van der Waals surface area contributed by atoms with Gasteiger partial charge in [-0.05, 0) is 30.3 Å². The number of allylic oxidation sites excluding steroid dienone is 2. The maximum atomic E-state index is 3.93. The first kappa shape index (κ1) is 14.1. The molecule has 0 aliphatic heterocycles. The fraction of sp³-hybridized carbons (Fsp3) is 0.158. The highest BCUT2D eigenvalue weighted by atomic mass is 15.1. The van der Waals surface area contributed by atoms with Gasteiger partial charge in [0, 0.05) is 13.1 Å². The second-order valence-electron chi connectivity index (χ2n) is 5.04. The summed E-state index contributed by atoms with van der Waals surface area (Å²) < 4.78 is 0. The van der Waals surface area contributed by atoms with Crippen LogP contribution in [0.4, 0.5) is 0 Å². The van der Waals surface area contributed by atoms with Crippen LogP contribution in [0.25, 0.3) is 0 Å². The van der Waals surface area contributed by atoms with Crippen molar-refractivity contribution < 1.29 is 0 Å². The van der Waals surface area contributed by atoms with Crippen LogP contribution in [0.2, 0.25) is 0 Å². The molecule has 1 nitrogen and oxygen atoms in total. The van der Waals surface area contributed by atoms with Crippen LogP contribution in [0.15, 0.2) is 85.1 Å². The van der Waals surface area contributed by atoms with E-state index in [1.807, 2.05) is 6.92 Å². The zero-order valence-electron chi connectivity index (χ0n) is 12.0. The Morgan fingerprint density at radius 3 is 1.75 bits per heavy atom. The van der Waals surface area contributed by atoms with Gasteiger partial charge in [0.25, 0.3) is 0 Å². The molecule has 0 amide bonds. The first-order valence-corrected chi connectivity index (χ1v) is 6.89. The van der Waals surface area contributed by atoms with E-state index in [-0.39, 0.29) is 0 Å². The largest absolute Gasteiger partial charge is 0.369 e. The summed E-state index contributed by atoms with van der Waals surface area (Å²) >= 11 is 0. The van der Waals surface area contributed by atoms with E-state index in [0.29, 0.717) is 0 Å². The minimum Gasteiger partial charge on any atom is -0.369 e. The fourth-order valence-corrected chi connectivity index (χ4v) is 2.03. The van der Waals surface area contributed by atoms with Gasteiger partial charge in [-0.25, -0.2) is 0 Å². The van der Waals surface area contributed by atoms with Gasteiger partial charge in [-0.15, -0.1) is 0 Å². The molecule has 2 aromatic rings. The molecule has 0 heterocycles. The normalized spacial score (nSPS) is 10.7. The Balaban J connectivity index is 2.10. The fourth-order valence-electron chi connectivity index (χ4n) is 2.03. The van der Waals surface area contributed by atoms with E-state index in [9.17, 15) is 0 Å². The Morgan fingerprint density at radius 2 is 1.35 bits per heavy atom. The molecule has 0 N–H and O–H groups in total. The molecule has 0 bridgehead atoms. The molecular formula is C19H21N. The van der Waals surface area contributed by atoms with Gasteiger partial charge in [-0.1, -0.05) is 72.8 Å². The Kier molecular flexibility index (Phi) is 5.19. The van der Waals surface area contributed by atoms with Crippen molar-refractivity contribution in [1.29, 1.82) is 0 Å². The number of nitrogens with zero attached hydrogens (tertiary/aromatic N) is 1. The Bertz CT molecular complexity index is 513. The third-order valence-corrected chi connectivity index (χ3v) is 3.03. The zero-order valence-corrected chi connectivity index (χ0v) is 12.0. The van der Waals surface area contributed by atoms with E-state index in [0.717, 1.165) is 18.7 Å². The predicted molar refractivity (Wildman–Crippen MR) is 86.1 cm³/mol. The highest BCUT2D eigenvalue weighted by Crippen LogP contribution is 2.11. The molecule has 2 rings (SSSR count). The molecule has 0 radical (unpaired) electrons. The number of hydrogen-bond donors (Lipinski definition) is 0. The van der Waals surface area contributed by atoms with Crippen LogP contribution in [0.3, 0.4) is 0 Å². The maximum Gasteiger partial charge on any atom is 0.0427 e. The molecule has 1 heteroatoms. The lowest BCUT2D eigenvalue weighted by Gasteiger charge is -2.21. The van der Waals surface area contributed by atoms with E-state index in [1.54, 1.807) is 0 Å². The minimum absolute atomic E-state index is 0.902. The lowest BCUT2D eigenvalue weighted by molar-refractivity contribution is 0.361. The third kappa shape index (κ3) is 4.77. The van der Waals surface area contributed by atoms with Crippen molar-refractivity contribution in [2.75, 3.05) is 0 Å². The van der Waals surface area contributed by atoms with Crippen LogP contribution < -0.4 is 0 Å². The first-order chi connectivity index (χ1) is 9.74. The van der Waals surface area contributed by atoms with Crippen molar-refractivity contribution in [2.24, 2.45) is 0 Å². The summed E-state index contributed by atoms with van der Waals surface area (Å²) in [5, 5.41) is 0. The van der Waals surface area contributed by atoms with Gasteiger partial charge < -0.3 is 4.90 Å². The molecule has 0 aliphatic carbocycles. The summed E-state index contributed by atoms with van der Waals surface area (Å²) in [5.74, 6) is 0. The van der Waals surface area contributed by atoms with Gasteiger partial charge in [0.05, 0.1) is 0 Å². The molecule has 0 fully saturated rings. The van der Waals surface area contributed by atoms with E-state index >= 15 is 0 Å².